The predicted molar refractivity (Wildman–Crippen MR) is 73.1 cm³/mol. The van der Waals surface area contributed by atoms with Crippen molar-refractivity contribution in [3.05, 3.63) is 53.5 Å². The van der Waals surface area contributed by atoms with Crippen molar-refractivity contribution in [1.29, 1.82) is 0 Å². The molecule has 1 aromatic carbocycles. The summed E-state index contributed by atoms with van der Waals surface area (Å²) in [4.78, 5) is 14.8. The molecule has 5 nitrogen and oxygen atoms in total. The van der Waals surface area contributed by atoms with Crippen molar-refractivity contribution in [2.45, 2.75) is 6.54 Å². The van der Waals surface area contributed by atoms with Crippen molar-refractivity contribution in [3.8, 4) is 5.75 Å². The third-order valence-corrected chi connectivity index (χ3v) is 2.71. The molecular formula is C14H13F2N3O2. The second kappa shape index (κ2) is 6.65. The average Bonchev–Trinajstić information content (AvgIpc) is 2.45. The van der Waals surface area contributed by atoms with Gasteiger partial charge in [-0.3, -0.25) is 4.79 Å². The van der Waals surface area contributed by atoms with Gasteiger partial charge in [-0.25, -0.2) is 9.37 Å². The summed E-state index contributed by atoms with van der Waals surface area (Å²) in [6.07, 6.45) is 0. The molecule has 1 aromatic heterocycles. The number of hydrogen-bond donors (Lipinski definition) is 2. The van der Waals surface area contributed by atoms with E-state index in [0.717, 1.165) is 11.6 Å². The maximum atomic E-state index is 13.1. The van der Waals surface area contributed by atoms with Gasteiger partial charge in [0, 0.05) is 6.54 Å². The molecule has 1 heterocycles. The summed E-state index contributed by atoms with van der Waals surface area (Å²) < 4.78 is 30.0. The van der Waals surface area contributed by atoms with Crippen molar-refractivity contribution in [2.75, 3.05) is 12.2 Å². The first-order chi connectivity index (χ1) is 10.1. The summed E-state index contributed by atoms with van der Waals surface area (Å²) >= 11 is 0. The van der Waals surface area contributed by atoms with E-state index < -0.39 is 18.7 Å². The van der Waals surface area contributed by atoms with E-state index in [4.69, 9.17) is 10.5 Å². The number of nitrogens with two attached hydrogens (primary N) is 1. The molecule has 21 heavy (non-hydrogen) atoms. The number of carbonyl (C=O) groups excluding carboxylic acids is 1. The van der Waals surface area contributed by atoms with Crippen LogP contribution in [0.5, 0.6) is 5.75 Å². The fraction of sp³-hybridized carbons (Fsp3) is 0.143. The van der Waals surface area contributed by atoms with Gasteiger partial charge in [-0.05, 0) is 29.8 Å². The van der Waals surface area contributed by atoms with Gasteiger partial charge < -0.3 is 15.8 Å². The highest BCUT2D eigenvalue weighted by atomic mass is 19.1. The highest BCUT2D eigenvalue weighted by Crippen LogP contribution is 2.17. The highest BCUT2D eigenvalue weighted by Gasteiger charge is 2.10. The van der Waals surface area contributed by atoms with Gasteiger partial charge in [0.05, 0.1) is 5.56 Å². The Morgan fingerprint density at radius 2 is 2.14 bits per heavy atom. The number of nitrogens with one attached hydrogen (secondary N) is 1. The number of anilines is 1. The number of carbonyl (C=O) groups is 1. The zero-order valence-corrected chi connectivity index (χ0v) is 11.0. The van der Waals surface area contributed by atoms with E-state index in [0.29, 0.717) is 5.75 Å². The molecule has 3 N–H and O–H groups in total. The molecule has 0 saturated carbocycles. The van der Waals surface area contributed by atoms with Crippen LogP contribution in [0.15, 0.2) is 36.4 Å². The van der Waals surface area contributed by atoms with E-state index in [1.165, 1.54) is 6.07 Å². The van der Waals surface area contributed by atoms with Crippen LogP contribution in [0.3, 0.4) is 0 Å². The van der Waals surface area contributed by atoms with Crippen molar-refractivity contribution in [2.24, 2.45) is 5.73 Å². The van der Waals surface area contributed by atoms with Gasteiger partial charge in [0.2, 0.25) is 12.8 Å². The number of primary amides is 1. The second-order valence-corrected chi connectivity index (χ2v) is 4.15. The van der Waals surface area contributed by atoms with E-state index in [1.807, 2.05) is 0 Å². The summed E-state index contributed by atoms with van der Waals surface area (Å²) in [6, 6.07) is 9.00. The van der Waals surface area contributed by atoms with Crippen LogP contribution in [0, 0.1) is 5.95 Å². The van der Waals surface area contributed by atoms with Gasteiger partial charge in [-0.15, -0.1) is 0 Å². The zero-order chi connectivity index (χ0) is 15.2. The quantitative estimate of drug-likeness (QED) is 0.801. The van der Waals surface area contributed by atoms with Gasteiger partial charge in [0.25, 0.3) is 5.91 Å². The topological polar surface area (TPSA) is 77.2 Å². The van der Waals surface area contributed by atoms with Crippen LogP contribution >= 0.6 is 0 Å². The van der Waals surface area contributed by atoms with Crippen LogP contribution in [0.4, 0.5) is 14.6 Å². The maximum Gasteiger partial charge on any atom is 0.252 e. The molecule has 2 rings (SSSR count). The molecule has 0 bridgehead atoms. The van der Waals surface area contributed by atoms with Gasteiger partial charge in [-0.2, -0.15) is 4.39 Å². The Morgan fingerprint density at radius 1 is 1.33 bits per heavy atom. The SMILES string of the molecule is NC(=O)c1ccc(F)nc1NCc1cccc(OCF)c1. The largest absolute Gasteiger partial charge is 0.463 e. The molecule has 0 spiro atoms. The number of aromatic nitrogens is 1. The number of amides is 1. The minimum atomic E-state index is -0.922. The molecule has 0 radical (unpaired) electrons. The fourth-order valence-corrected chi connectivity index (χ4v) is 1.76. The Morgan fingerprint density at radius 3 is 2.86 bits per heavy atom. The first-order valence-electron chi connectivity index (χ1n) is 6.08. The smallest absolute Gasteiger partial charge is 0.252 e. The molecule has 0 aliphatic heterocycles. The lowest BCUT2D eigenvalue weighted by Crippen LogP contribution is -2.16. The van der Waals surface area contributed by atoms with E-state index in [-0.39, 0.29) is 17.9 Å². The maximum absolute atomic E-state index is 13.1. The molecule has 1 amide bonds. The number of pyridine rings is 1. The molecule has 0 aliphatic rings. The van der Waals surface area contributed by atoms with E-state index in [9.17, 15) is 13.6 Å². The Hall–Kier alpha value is -2.70. The standard InChI is InChI=1S/C14H13F2N3O2/c15-8-21-10-3-1-2-9(6-10)7-18-14-11(13(17)20)4-5-12(16)19-14/h1-6H,7-8H2,(H2,17,20)(H,18,19). The first kappa shape index (κ1) is 14.7. The molecular weight excluding hydrogens is 280 g/mol. The first-order valence-corrected chi connectivity index (χ1v) is 6.08. The van der Waals surface area contributed by atoms with Crippen LogP contribution in [0.1, 0.15) is 15.9 Å². The number of hydrogen-bond acceptors (Lipinski definition) is 4. The van der Waals surface area contributed by atoms with Crippen LogP contribution < -0.4 is 15.8 Å². The van der Waals surface area contributed by atoms with Gasteiger partial charge in [0.15, 0.2) is 0 Å². The third-order valence-electron chi connectivity index (χ3n) is 2.71. The van der Waals surface area contributed by atoms with Gasteiger partial charge in [0.1, 0.15) is 11.6 Å². The average molecular weight is 293 g/mol. The Bertz CT molecular complexity index is 650. The number of nitrogens with zero attached hydrogens (tertiary/aromatic N) is 1. The van der Waals surface area contributed by atoms with Crippen molar-refractivity contribution < 1.29 is 18.3 Å². The minimum Gasteiger partial charge on any atom is -0.463 e. The highest BCUT2D eigenvalue weighted by molar-refractivity contribution is 5.97. The van der Waals surface area contributed by atoms with E-state index >= 15 is 0 Å². The second-order valence-electron chi connectivity index (χ2n) is 4.15. The molecule has 2 aromatic rings. The lowest BCUT2D eigenvalue weighted by atomic mass is 10.2. The summed E-state index contributed by atoms with van der Waals surface area (Å²) in [5, 5.41) is 2.82. The molecule has 0 aliphatic carbocycles. The number of benzene rings is 1. The lowest BCUT2D eigenvalue weighted by Gasteiger charge is -2.10. The predicted octanol–water partition coefficient (Wildman–Crippen LogP) is 2.24. The van der Waals surface area contributed by atoms with E-state index in [1.54, 1.807) is 24.3 Å². The number of halogens is 2. The fourth-order valence-electron chi connectivity index (χ4n) is 1.76. The Kier molecular flexibility index (Phi) is 4.65. The number of alkyl halides is 1. The van der Waals surface area contributed by atoms with Crippen LogP contribution in [0.2, 0.25) is 0 Å². The molecule has 110 valence electrons. The van der Waals surface area contributed by atoms with Gasteiger partial charge in [-0.1, -0.05) is 12.1 Å². The molecule has 0 atom stereocenters. The van der Waals surface area contributed by atoms with E-state index in [2.05, 4.69) is 10.3 Å². The normalized spacial score (nSPS) is 10.2. The van der Waals surface area contributed by atoms with Crippen LogP contribution in [0.25, 0.3) is 0 Å². The summed E-state index contributed by atoms with van der Waals surface area (Å²) in [7, 11) is 0. The molecule has 0 unspecified atom stereocenters. The van der Waals surface area contributed by atoms with Gasteiger partial charge >= 0.3 is 0 Å². The minimum absolute atomic E-state index is 0.0549. The Balaban J connectivity index is 2.14. The summed E-state index contributed by atoms with van der Waals surface area (Å²) in [5.74, 6) is -1.00. The lowest BCUT2D eigenvalue weighted by molar-refractivity contribution is 0.100. The third kappa shape index (κ3) is 3.88. The zero-order valence-electron chi connectivity index (χ0n) is 11.0. The van der Waals surface area contributed by atoms with Crippen LogP contribution in [-0.4, -0.2) is 17.8 Å². The number of ether oxygens (including phenoxy) is 1. The molecule has 0 fully saturated rings. The van der Waals surface area contributed by atoms with Crippen molar-refractivity contribution >= 4 is 11.7 Å². The number of rotatable bonds is 6. The molecule has 7 heteroatoms. The Labute approximate surface area is 119 Å². The molecule has 0 saturated heterocycles. The monoisotopic (exact) mass is 293 g/mol. The summed E-state index contributed by atoms with van der Waals surface area (Å²) in [6.45, 7) is -0.672. The van der Waals surface area contributed by atoms with Crippen LogP contribution in [-0.2, 0) is 6.54 Å². The summed E-state index contributed by atoms with van der Waals surface area (Å²) in [5.41, 5.74) is 6.04. The van der Waals surface area contributed by atoms with Crippen molar-refractivity contribution in [1.82, 2.24) is 4.98 Å². The van der Waals surface area contributed by atoms with Crippen molar-refractivity contribution in [3.63, 3.8) is 0 Å².